The van der Waals surface area contributed by atoms with E-state index in [1.54, 1.807) is 0 Å². The number of carbonyl (C=O) groups is 1. The molecule has 0 aliphatic carbocycles. The van der Waals surface area contributed by atoms with Crippen LogP contribution in [0.15, 0.2) is 42.5 Å². The van der Waals surface area contributed by atoms with E-state index in [0.717, 1.165) is 29.7 Å². The Balaban J connectivity index is 1.98. The zero-order valence-corrected chi connectivity index (χ0v) is 18.7. The Bertz CT molecular complexity index is 900. The van der Waals surface area contributed by atoms with Crippen LogP contribution in [0.25, 0.3) is 0 Å². The third kappa shape index (κ3) is 5.21. The molecule has 2 aromatic rings. The van der Waals surface area contributed by atoms with Crippen LogP contribution in [0.4, 0.5) is 0 Å². The number of hydrogen-bond acceptors (Lipinski definition) is 5. The van der Waals surface area contributed by atoms with E-state index in [4.69, 9.17) is 9.47 Å². The molecule has 0 saturated heterocycles. The molecular weight excluding hydrogens is 378 g/mol. The fourth-order valence-electron chi connectivity index (χ4n) is 3.95. The molecule has 0 aromatic heterocycles. The zero-order valence-electron chi connectivity index (χ0n) is 18.7. The molecule has 1 aliphatic heterocycles. The molecule has 1 aliphatic rings. The second-order valence-electron chi connectivity index (χ2n) is 9.31. The van der Waals surface area contributed by atoms with Crippen LogP contribution in [-0.2, 0) is 28.2 Å². The highest BCUT2D eigenvalue weighted by Gasteiger charge is 2.38. The van der Waals surface area contributed by atoms with Gasteiger partial charge in [0.25, 0.3) is 0 Å². The molecule has 5 nitrogen and oxygen atoms in total. The van der Waals surface area contributed by atoms with Gasteiger partial charge in [0, 0.05) is 5.56 Å². The number of ether oxygens (including phenoxy) is 2. The van der Waals surface area contributed by atoms with E-state index in [1.165, 1.54) is 0 Å². The van der Waals surface area contributed by atoms with Crippen LogP contribution >= 0.6 is 0 Å². The fraction of sp³-hybridized carbons (Fsp3) is 0.480. The predicted molar refractivity (Wildman–Crippen MR) is 118 cm³/mol. The van der Waals surface area contributed by atoms with Gasteiger partial charge in [0.05, 0.1) is 6.42 Å². The molecule has 1 atom stereocenters. The normalized spacial score (nSPS) is 18.2. The molecule has 1 unspecified atom stereocenters. The molecule has 3 rings (SSSR count). The summed E-state index contributed by atoms with van der Waals surface area (Å²) in [4.78, 5) is 14.5. The van der Waals surface area contributed by atoms with E-state index in [0.29, 0.717) is 24.3 Å². The number of carbonyl (C=O) groups excluding carboxylic acids is 1. The second-order valence-corrected chi connectivity index (χ2v) is 9.31. The molecule has 0 amide bonds. The molecule has 1 N–H and O–H groups in total. The Kier molecular flexibility index (Phi) is 6.53. The molecule has 0 radical (unpaired) electrons. The lowest BCUT2D eigenvalue weighted by Crippen LogP contribution is -2.30. The summed E-state index contributed by atoms with van der Waals surface area (Å²) in [5, 5.41) is 12.0. The maximum absolute atomic E-state index is 12.3. The van der Waals surface area contributed by atoms with Crippen molar-refractivity contribution in [2.75, 3.05) is 20.6 Å². The average molecular weight is 412 g/mol. The minimum atomic E-state index is -1.18. The Morgan fingerprint density at radius 2 is 1.90 bits per heavy atom. The first-order valence-corrected chi connectivity index (χ1v) is 10.5. The quantitative estimate of drug-likeness (QED) is 0.727. The van der Waals surface area contributed by atoms with Gasteiger partial charge in [0.2, 0.25) is 0 Å². The summed E-state index contributed by atoms with van der Waals surface area (Å²) in [6, 6.07) is 13.5. The van der Waals surface area contributed by atoms with Gasteiger partial charge in [-0.1, -0.05) is 30.3 Å². The topological polar surface area (TPSA) is 59.0 Å². The van der Waals surface area contributed by atoms with Crippen molar-refractivity contribution >= 4 is 5.97 Å². The largest absolute Gasteiger partial charge is 0.488 e. The minimum Gasteiger partial charge on any atom is -0.488 e. The van der Waals surface area contributed by atoms with Crippen molar-refractivity contribution < 1.29 is 19.4 Å². The van der Waals surface area contributed by atoms with Gasteiger partial charge < -0.3 is 19.5 Å². The number of fused-ring (bicyclic) bond motifs is 2. The summed E-state index contributed by atoms with van der Waals surface area (Å²) in [7, 11) is 4.06. The Morgan fingerprint density at radius 1 is 1.17 bits per heavy atom. The highest BCUT2D eigenvalue weighted by Crippen LogP contribution is 2.43. The number of aliphatic hydroxyl groups is 1. The van der Waals surface area contributed by atoms with Gasteiger partial charge in [-0.3, -0.25) is 4.79 Å². The van der Waals surface area contributed by atoms with E-state index in [-0.39, 0.29) is 12.4 Å². The monoisotopic (exact) mass is 411 g/mol. The lowest BCUT2D eigenvalue weighted by Gasteiger charge is -2.31. The van der Waals surface area contributed by atoms with Gasteiger partial charge in [-0.2, -0.15) is 0 Å². The summed E-state index contributed by atoms with van der Waals surface area (Å²) < 4.78 is 11.5. The van der Waals surface area contributed by atoms with Gasteiger partial charge in [-0.25, -0.2) is 0 Å². The van der Waals surface area contributed by atoms with Crippen LogP contribution in [0.1, 0.15) is 55.9 Å². The molecule has 0 saturated carbocycles. The number of benzene rings is 2. The van der Waals surface area contributed by atoms with Crippen LogP contribution < -0.4 is 4.74 Å². The van der Waals surface area contributed by atoms with Crippen LogP contribution in [-0.4, -0.2) is 42.2 Å². The van der Waals surface area contributed by atoms with Crippen molar-refractivity contribution in [1.82, 2.24) is 4.90 Å². The smallest absolute Gasteiger partial charge is 0.310 e. The average Bonchev–Trinajstić information content (AvgIpc) is 2.76. The van der Waals surface area contributed by atoms with Crippen molar-refractivity contribution in [1.29, 1.82) is 0 Å². The molecular formula is C25H33NO4. The highest BCUT2D eigenvalue weighted by molar-refractivity contribution is 5.73. The lowest BCUT2D eigenvalue weighted by molar-refractivity contribution is -0.153. The number of hydrogen-bond donors (Lipinski definition) is 1. The standard InChI is InChI=1S/C25H33NO4/c1-24(2,3)30-23(27)16-18-11-12-22-21(15-18)25(28,13-8-14-26(4)5)20-10-7-6-9-19(20)17-29-22/h6-7,9-12,15,28H,8,13-14,16-17H2,1-5H3. The minimum absolute atomic E-state index is 0.153. The van der Waals surface area contributed by atoms with Gasteiger partial charge in [0.1, 0.15) is 23.6 Å². The molecule has 5 heteroatoms. The summed E-state index contributed by atoms with van der Waals surface area (Å²) >= 11 is 0. The first-order valence-electron chi connectivity index (χ1n) is 10.5. The van der Waals surface area contributed by atoms with Crippen molar-refractivity contribution in [2.45, 2.75) is 57.8 Å². The van der Waals surface area contributed by atoms with Crippen LogP contribution in [0.3, 0.4) is 0 Å². The maximum Gasteiger partial charge on any atom is 0.310 e. The van der Waals surface area contributed by atoms with Gasteiger partial charge >= 0.3 is 5.97 Å². The third-order valence-corrected chi connectivity index (χ3v) is 5.25. The van der Waals surface area contributed by atoms with Crippen LogP contribution in [0.5, 0.6) is 5.75 Å². The predicted octanol–water partition coefficient (Wildman–Crippen LogP) is 4.04. The molecule has 0 fully saturated rings. The Labute approximate surface area is 179 Å². The highest BCUT2D eigenvalue weighted by atomic mass is 16.6. The number of rotatable bonds is 6. The van der Waals surface area contributed by atoms with Crippen LogP contribution in [0.2, 0.25) is 0 Å². The van der Waals surface area contributed by atoms with E-state index in [2.05, 4.69) is 4.90 Å². The summed E-state index contributed by atoms with van der Waals surface area (Å²) in [5.74, 6) is 0.375. The molecule has 2 aromatic carbocycles. The maximum atomic E-state index is 12.3. The fourth-order valence-corrected chi connectivity index (χ4v) is 3.95. The van der Waals surface area contributed by atoms with Gasteiger partial charge in [-0.15, -0.1) is 0 Å². The van der Waals surface area contributed by atoms with Crippen LogP contribution in [0, 0.1) is 0 Å². The van der Waals surface area contributed by atoms with Crippen molar-refractivity contribution in [2.24, 2.45) is 0 Å². The van der Waals surface area contributed by atoms with E-state index in [9.17, 15) is 9.90 Å². The molecule has 1 heterocycles. The zero-order chi connectivity index (χ0) is 21.9. The third-order valence-electron chi connectivity index (χ3n) is 5.25. The molecule has 30 heavy (non-hydrogen) atoms. The Hall–Kier alpha value is -2.37. The second kappa shape index (κ2) is 8.78. The van der Waals surface area contributed by atoms with Gasteiger partial charge in [-0.05, 0) is 83.1 Å². The first kappa shape index (κ1) is 22.3. The summed E-state index contributed by atoms with van der Waals surface area (Å²) in [6.07, 6.45) is 1.54. The lowest BCUT2D eigenvalue weighted by atomic mass is 9.80. The molecule has 162 valence electrons. The number of esters is 1. The van der Waals surface area contributed by atoms with E-state index in [1.807, 2.05) is 77.3 Å². The van der Waals surface area contributed by atoms with E-state index < -0.39 is 11.2 Å². The molecule has 0 spiro atoms. The van der Waals surface area contributed by atoms with E-state index >= 15 is 0 Å². The molecule has 0 bridgehead atoms. The van der Waals surface area contributed by atoms with Gasteiger partial charge in [0.15, 0.2) is 0 Å². The van der Waals surface area contributed by atoms with Crippen molar-refractivity contribution in [3.8, 4) is 5.75 Å². The first-order chi connectivity index (χ1) is 14.1. The number of nitrogens with zero attached hydrogens (tertiary/aromatic N) is 1. The summed E-state index contributed by atoms with van der Waals surface area (Å²) in [5.41, 5.74) is 1.66. The van der Waals surface area contributed by atoms with Crippen molar-refractivity contribution in [3.63, 3.8) is 0 Å². The van der Waals surface area contributed by atoms with Crippen molar-refractivity contribution in [3.05, 3.63) is 64.7 Å². The Morgan fingerprint density at radius 3 is 2.60 bits per heavy atom. The SMILES string of the molecule is CN(C)CCCC1(O)c2ccccc2COc2ccc(CC(=O)OC(C)(C)C)cc21. The summed E-state index contributed by atoms with van der Waals surface area (Å²) in [6.45, 7) is 6.85.